The average molecular weight is 539 g/mol. The minimum Gasteiger partial charge on any atom is -0.492 e. The maximum atomic E-state index is 15.3. The number of carbonyl (C=O) groups is 1. The van der Waals surface area contributed by atoms with Gasteiger partial charge in [0.05, 0.1) is 32.0 Å². The number of benzene rings is 3. The SMILES string of the molecule is COC(=O)C[C@@H]1COc2cc(O[C@@H]3CCc4c(-c5c(C)cc(-c6cnnc(C)c6)cc5C)ccc(F)c43)ccc21. The topological polar surface area (TPSA) is 70.5 Å². The highest BCUT2D eigenvalue weighted by molar-refractivity contribution is 5.79. The molecule has 2 atom stereocenters. The maximum absolute atomic E-state index is 15.3. The van der Waals surface area contributed by atoms with Gasteiger partial charge in [-0.2, -0.15) is 10.2 Å². The van der Waals surface area contributed by atoms with Crippen LogP contribution in [0.2, 0.25) is 0 Å². The molecule has 1 aromatic heterocycles. The monoisotopic (exact) mass is 538 g/mol. The van der Waals surface area contributed by atoms with Crippen molar-refractivity contribution in [1.82, 2.24) is 10.2 Å². The first-order valence-corrected chi connectivity index (χ1v) is 13.5. The van der Waals surface area contributed by atoms with Crippen molar-refractivity contribution in [3.05, 3.63) is 94.1 Å². The zero-order valence-corrected chi connectivity index (χ0v) is 23.1. The summed E-state index contributed by atoms with van der Waals surface area (Å²) in [6.45, 7) is 6.56. The van der Waals surface area contributed by atoms with E-state index in [4.69, 9.17) is 14.2 Å². The molecule has 2 heterocycles. The second-order valence-electron chi connectivity index (χ2n) is 10.7. The first-order chi connectivity index (χ1) is 19.3. The van der Waals surface area contributed by atoms with Gasteiger partial charge in [0, 0.05) is 28.7 Å². The number of fused-ring (bicyclic) bond motifs is 2. The summed E-state index contributed by atoms with van der Waals surface area (Å²) in [4.78, 5) is 11.7. The lowest BCUT2D eigenvalue weighted by Crippen LogP contribution is -2.09. The fourth-order valence-electron chi connectivity index (χ4n) is 6.16. The van der Waals surface area contributed by atoms with E-state index in [9.17, 15) is 4.79 Å². The first kappa shape index (κ1) is 26.0. The van der Waals surface area contributed by atoms with Crippen molar-refractivity contribution in [3.8, 4) is 33.8 Å². The summed E-state index contributed by atoms with van der Waals surface area (Å²) >= 11 is 0. The zero-order valence-electron chi connectivity index (χ0n) is 23.1. The van der Waals surface area contributed by atoms with E-state index in [1.165, 1.54) is 7.11 Å². The number of ether oxygens (including phenoxy) is 3. The van der Waals surface area contributed by atoms with Crippen molar-refractivity contribution in [3.63, 3.8) is 0 Å². The van der Waals surface area contributed by atoms with Crippen molar-refractivity contribution < 1.29 is 23.4 Å². The third kappa shape index (κ3) is 4.70. The molecule has 0 radical (unpaired) electrons. The molecule has 6 rings (SSSR count). The van der Waals surface area contributed by atoms with E-state index >= 15 is 4.39 Å². The summed E-state index contributed by atoms with van der Waals surface area (Å²) in [5.41, 5.74) is 10.0. The van der Waals surface area contributed by atoms with Crippen LogP contribution in [0.15, 0.2) is 54.7 Å². The molecule has 0 amide bonds. The van der Waals surface area contributed by atoms with Gasteiger partial charge in [-0.15, -0.1) is 0 Å². The molecular formula is C33H31FN2O4. The molecule has 0 unspecified atom stereocenters. The van der Waals surface area contributed by atoms with Crippen molar-refractivity contribution in [2.24, 2.45) is 0 Å². The first-order valence-electron chi connectivity index (χ1n) is 13.5. The molecule has 0 N–H and O–H groups in total. The van der Waals surface area contributed by atoms with Crippen LogP contribution >= 0.6 is 0 Å². The maximum Gasteiger partial charge on any atom is 0.306 e. The van der Waals surface area contributed by atoms with E-state index in [1.807, 2.05) is 37.3 Å². The number of hydrogen-bond acceptors (Lipinski definition) is 6. The van der Waals surface area contributed by atoms with E-state index in [0.717, 1.165) is 56.6 Å². The Morgan fingerprint density at radius 2 is 1.85 bits per heavy atom. The molecule has 1 aliphatic carbocycles. The van der Waals surface area contributed by atoms with E-state index in [-0.39, 0.29) is 24.1 Å². The highest BCUT2D eigenvalue weighted by Gasteiger charge is 2.32. The molecule has 2 aliphatic rings. The van der Waals surface area contributed by atoms with Crippen LogP contribution in [0.25, 0.3) is 22.3 Å². The molecule has 0 fully saturated rings. The Labute approximate surface area is 233 Å². The van der Waals surface area contributed by atoms with Crippen LogP contribution in [-0.2, 0) is 16.0 Å². The molecule has 0 spiro atoms. The lowest BCUT2D eigenvalue weighted by atomic mass is 9.88. The number of esters is 1. The third-order valence-electron chi connectivity index (χ3n) is 7.98. The van der Waals surface area contributed by atoms with Gasteiger partial charge in [-0.25, -0.2) is 4.39 Å². The lowest BCUT2D eigenvalue weighted by Gasteiger charge is -2.19. The smallest absolute Gasteiger partial charge is 0.306 e. The predicted molar refractivity (Wildman–Crippen MR) is 150 cm³/mol. The summed E-state index contributed by atoms with van der Waals surface area (Å²) in [5, 5.41) is 8.18. The molecular weight excluding hydrogens is 507 g/mol. The highest BCUT2D eigenvalue weighted by Crippen LogP contribution is 2.45. The van der Waals surface area contributed by atoms with Gasteiger partial charge in [-0.1, -0.05) is 24.3 Å². The van der Waals surface area contributed by atoms with Crippen molar-refractivity contribution in [2.45, 2.75) is 52.1 Å². The number of halogens is 1. The summed E-state index contributed by atoms with van der Waals surface area (Å²) in [6.07, 6.45) is 3.06. The molecule has 1 aliphatic heterocycles. The largest absolute Gasteiger partial charge is 0.492 e. The summed E-state index contributed by atoms with van der Waals surface area (Å²) in [5.74, 6) is 0.769. The van der Waals surface area contributed by atoms with Crippen LogP contribution in [0.3, 0.4) is 0 Å². The van der Waals surface area contributed by atoms with Crippen LogP contribution in [0.1, 0.15) is 58.4 Å². The average Bonchev–Trinajstić information content (AvgIpc) is 3.54. The quantitative estimate of drug-likeness (QED) is 0.247. The van der Waals surface area contributed by atoms with Crippen LogP contribution in [0.4, 0.5) is 4.39 Å². The van der Waals surface area contributed by atoms with Gasteiger partial charge in [0.1, 0.15) is 23.4 Å². The Bertz CT molecular complexity index is 1610. The Morgan fingerprint density at radius 1 is 1.05 bits per heavy atom. The fraction of sp³-hybridized carbons (Fsp3) is 0.303. The standard InChI is InChI=1S/C33H31FN2O4/c1-18-11-21(22-13-20(3)36-35-16-22)12-19(2)32(18)26-7-9-28(34)33-27(26)8-10-29(33)40-24-5-6-25-23(14-31(37)38-4)17-39-30(25)15-24/h5-7,9,11-13,15-16,23,29H,8,10,14,17H2,1-4H3/t23-,29-/m1/s1. The van der Waals surface area contributed by atoms with Gasteiger partial charge in [0.2, 0.25) is 0 Å². The molecule has 7 heteroatoms. The number of rotatable bonds is 6. The zero-order chi connectivity index (χ0) is 28.0. The summed E-state index contributed by atoms with van der Waals surface area (Å²) < 4.78 is 32.3. The van der Waals surface area contributed by atoms with Crippen LogP contribution in [-0.4, -0.2) is 29.9 Å². The second-order valence-corrected chi connectivity index (χ2v) is 10.7. The van der Waals surface area contributed by atoms with Crippen LogP contribution in [0, 0.1) is 26.6 Å². The van der Waals surface area contributed by atoms with Gasteiger partial charge >= 0.3 is 5.97 Å². The number of aryl methyl sites for hydroxylation is 3. The molecule has 40 heavy (non-hydrogen) atoms. The fourth-order valence-corrected chi connectivity index (χ4v) is 6.16. The van der Waals surface area contributed by atoms with Crippen molar-refractivity contribution in [1.29, 1.82) is 0 Å². The molecule has 3 aromatic carbocycles. The minimum atomic E-state index is -0.397. The second kappa shape index (κ2) is 10.4. The minimum absolute atomic E-state index is 0.0413. The van der Waals surface area contributed by atoms with Gasteiger partial charge in [0.15, 0.2) is 0 Å². The molecule has 6 nitrogen and oxygen atoms in total. The molecule has 4 aromatic rings. The van der Waals surface area contributed by atoms with E-state index in [1.54, 1.807) is 12.3 Å². The third-order valence-corrected chi connectivity index (χ3v) is 7.98. The van der Waals surface area contributed by atoms with E-state index in [2.05, 4.69) is 36.2 Å². The number of nitrogens with zero attached hydrogens (tertiary/aromatic N) is 2. The molecule has 0 bridgehead atoms. The van der Waals surface area contributed by atoms with Gasteiger partial charge in [-0.3, -0.25) is 4.79 Å². The Hall–Kier alpha value is -4.26. The Morgan fingerprint density at radius 3 is 2.60 bits per heavy atom. The van der Waals surface area contributed by atoms with E-state index in [0.29, 0.717) is 30.1 Å². The summed E-state index contributed by atoms with van der Waals surface area (Å²) in [7, 11) is 1.39. The molecule has 204 valence electrons. The number of aromatic nitrogens is 2. The van der Waals surface area contributed by atoms with Crippen LogP contribution in [0.5, 0.6) is 11.5 Å². The van der Waals surface area contributed by atoms with Gasteiger partial charge in [-0.05, 0) is 85.2 Å². The van der Waals surface area contributed by atoms with Gasteiger partial charge in [0.25, 0.3) is 0 Å². The molecule has 0 saturated heterocycles. The summed E-state index contributed by atoms with van der Waals surface area (Å²) in [6, 6.07) is 15.5. The highest BCUT2D eigenvalue weighted by atomic mass is 19.1. The molecule has 0 saturated carbocycles. The Balaban J connectivity index is 1.29. The van der Waals surface area contributed by atoms with Crippen molar-refractivity contribution >= 4 is 5.97 Å². The normalized spacial score (nSPS) is 17.2. The van der Waals surface area contributed by atoms with Crippen molar-refractivity contribution in [2.75, 3.05) is 13.7 Å². The lowest BCUT2D eigenvalue weighted by molar-refractivity contribution is -0.141. The number of methoxy groups -OCH3 is 1. The number of hydrogen-bond donors (Lipinski definition) is 0. The van der Waals surface area contributed by atoms with Gasteiger partial charge < -0.3 is 14.2 Å². The van der Waals surface area contributed by atoms with Crippen LogP contribution < -0.4 is 9.47 Å². The number of carbonyl (C=O) groups excluding carboxylic acids is 1. The van der Waals surface area contributed by atoms with E-state index < -0.39 is 6.10 Å². The Kier molecular flexibility index (Phi) is 6.74. The predicted octanol–water partition coefficient (Wildman–Crippen LogP) is 6.98.